The minimum atomic E-state index is -4.85. The highest BCUT2D eigenvalue weighted by Crippen LogP contribution is 2.49. The number of amides is 2. The molecule has 1 spiro atoms. The Bertz CT molecular complexity index is 1430. The number of anilines is 1. The lowest BCUT2D eigenvalue weighted by molar-refractivity contribution is -0.274. The molecule has 2 amide bonds. The molecule has 10 nitrogen and oxygen atoms in total. The molecule has 14 heteroatoms. The molecule has 0 atom stereocenters. The Labute approximate surface area is 250 Å². The van der Waals surface area contributed by atoms with E-state index in [-0.39, 0.29) is 49.8 Å². The Hall–Kier alpha value is -3.43. The summed E-state index contributed by atoms with van der Waals surface area (Å²) in [5.74, 6) is -0.735. The molecule has 0 aliphatic carbocycles. The number of amidine groups is 1. The summed E-state index contributed by atoms with van der Waals surface area (Å²) in [6, 6.07) is 8.95. The highest BCUT2D eigenvalue weighted by atomic mass is 32.3. The van der Waals surface area contributed by atoms with E-state index in [9.17, 15) is 31.9 Å². The van der Waals surface area contributed by atoms with Gasteiger partial charge in [-0.2, -0.15) is 0 Å². The summed E-state index contributed by atoms with van der Waals surface area (Å²) in [5, 5.41) is 4.02. The number of aryl methyl sites for hydroxylation is 2. The van der Waals surface area contributed by atoms with Crippen molar-refractivity contribution in [3.05, 3.63) is 64.1 Å². The molecule has 0 bridgehead atoms. The average Bonchev–Trinajstić information content (AvgIpc) is 3.21. The maximum absolute atomic E-state index is 12.9. The number of halogens is 3. The first-order valence-corrected chi connectivity index (χ1v) is 15.1. The van der Waals surface area contributed by atoms with Crippen LogP contribution in [0.15, 0.2) is 46.8 Å². The Morgan fingerprint density at radius 3 is 2.35 bits per heavy atom. The smallest absolute Gasteiger partial charge is 0.406 e. The van der Waals surface area contributed by atoms with Gasteiger partial charge in [0.25, 0.3) is 5.91 Å². The minimum Gasteiger partial charge on any atom is -0.406 e. The lowest BCUT2D eigenvalue weighted by Gasteiger charge is -2.45. The van der Waals surface area contributed by atoms with Crippen LogP contribution in [-0.2, 0) is 9.59 Å². The van der Waals surface area contributed by atoms with E-state index in [1.807, 2.05) is 40.1 Å². The summed E-state index contributed by atoms with van der Waals surface area (Å²) < 4.78 is 65.4. The number of carbonyl (C=O) groups is 2. The van der Waals surface area contributed by atoms with Gasteiger partial charge in [-0.3, -0.25) is 23.7 Å². The van der Waals surface area contributed by atoms with Crippen LogP contribution in [0.3, 0.4) is 0 Å². The SMILES string of the molecule is Cc1cc(N(C)C(=O)CN(C)C)cc(C)c1/C=C/S(O)(O)N1CCC2(CC1)N=C(c1cccc(OC(F)(F)F)c1)NC2=O. The zero-order valence-electron chi connectivity index (χ0n) is 24.6. The van der Waals surface area contributed by atoms with Gasteiger partial charge in [-0.15, -0.1) is 23.9 Å². The summed E-state index contributed by atoms with van der Waals surface area (Å²) in [6.45, 7) is 4.35. The van der Waals surface area contributed by atoms with Gasteiger partial charge in [0.15, 0.2) is 0 Å². The predicted octanol–water partition coefficient (Wildman–Crippen LogP) is 4.77. The van der Waals surface area contributed by atoms with E-state index in [2.05, 4.69) is 15.0 Å². The zero-order chi connectivity index (χ0) is 31.7. The lowest BCUT2D eigenvalue weighted by Crippen LogP contribution is -2.49. The molecule has 0 aromatic heterocycles. The van der Waals surface area contributed by atoms with Crippen molar-refractivity contribution >= 4 is 40.2 Å². The van der Waals surface area contributed by atoms with Crippen LogP contribution < -0.4 is 15.0 Å². The summed E-state index contributed by atoms with van der Waals surface area (Å²) in [4.78, 5) is 33.4. The van der Waals surface area contributed by atoms with Gasteiger partial charge >= 0.3 is 6.36 Å². The van der Waals surface area contributed by atoms with Crippen molar-refractivity contribution < 1.29 is 36.6 Å². The maximum atomic E-state index is 12.9. The Morgan fingerprint density at radius 1 is 1.14 bits per heavy atom. The second kappa shape index (κ2) is 12.3. The van der Waals surface area contributed by atoms with Gasteiger partial charge in [0.1, 0.15) is 17.1 Å². The van der Waals surface area contributed by atoms with Crippen molar-refractivity contribution in [1.82, 2.24) is 14.5 Å². The third-order valence-electron chi connectivity index (χ3n) is 7.46. The second-order valence-corrected chi connectivity index (χ2v) is 12.9. The van der Waals surface area contributed by atoms with Crippen LogP contribution in [0.5, 0.6) is 5.75 Å². The van der Waals surface area contributed by atoms with Crippen LogP contribution >= 0.6 is 10.8 Å². The molecular formula is C29H36F3N5O5S. The summed E-state index contributed by atoms with van der Waals surface area (Å²) in [6.07, 6.45) is -2.82. The molecule has 1 saturated heterocycles. The Balaban J connectivity index is 1.45. The van der Waals surface area contributed by atoms with E-state index in [0.29, 0.717) is 0 Å². The summed E-state index contributed by atoms with van der Waals surface area (Å²) in [5.41, 5.74) is 2.36. The van der Waals surface area contributed by atoms with Gasteiger partial charge in [0, 0.05) is 36.8 Å². The monoisotopic (exact) mass is 623 g/mol. The van der Waals surface area contributed by atoms with Crippen molar-refractivity contribution in [2.24, 2.45) is 4.99 Å². The van der Waals surface area contributed by atoms with E-state index in [4.69, 9.17) is 0 Å². The molecule has 2 aliphatic rings. The maximum Gasteiger partial charge on any atom is 0.573 e. The molecule has 2 aromatic carbocycles. The van der Waals surface area contributed by atoms with Crippen molar-refractivity contribution in [2.45, 2.75) is 38.6 Å². The third-order valence-corrected chi connectivity index (χ3v) is 9.09. The number of rotatable bonds is 8. The Morgan fingerprint density at radius 2 is 1.77 bits per heavy atom. The van der Waals surface area contributed by atoms with Crippen molar-refractivity contribution in [2.75, 3.05) is 45.7 Å². The molecule has 234 valence electrons. The average molecular weight is 624 g/mol. The molecular weight excluding hydrogens is 587 g/mol. The van der Waals surface area contributed by atoms with Gasteiger partial charge in [0.05, 0.1) is 6.54 Å². The molecule has 2 heterocycles. The number of nitrogens with zero attached hydrogens (tertiary/aromatic N) is 4. The fourth-order valence-corrected chi connectivity index (χ4v) is 6.34. The fraction of sp³-hybridized carbons (Fsp3) is 0.414. The molecule has 1 fully saturated rings. The molecule has 0 saturated carbocycles. The number of hydrogen-bond donors (Lipinski definition) is 3. The Kier molecular flexibility index (Phi) is 9.28. The van der Waals surface area contributed by atoms with Crippen molar-refractivity contribution in [1.29, 1.82) is 0 Å². The van der Waals surface area contributed by atoms with Gasteiger partial charge in [-0.25, -0.2) is 4.31 Å². The number of alkyl halides is 3. The van der Waals surface area contributed by atoms with E-state index < -0.39 is 34.3 Å². The van der Waals surface area contributed by atoms with E-state index in [1.54, 1.807) is 22.9 Å². The highest BCUT2D eigenvalue weighted by molar-refractivity contribution is 8.24. The molecule has 4 rings (SSSR count). The second-order valence-electron chi connectivity index (χ2n) is 11.0. The number of aliphatic imine (C=N–C) groups is 1. The van der Waals surface area contributed by atoms with Gasteiger partial charge in [-0.05, 0) is 87.8 Å². The number of carbonyl (C=O) groups excluding carboxylic acids is 2. The number of nitrogens with one attached hydrogen (secondary N) is 1. The molecule has 0 radical (unpaired) electrons. The number of benzene rings is 2. The third kappa shape index (κ3) is 7.57. The van der Waals surface area contributed by atoms with Crippen molar-refractivity contribution in [3.63, 3.8) is 0 Å². The molecule has 43 heavy (non-hydrogen) atoms. The van der Waals surface area contributed by atoms with Crippen molar-refractivity contribution in [3.8, 4) is 5.75 Å². The fourth-order valence-electron chi connectivity index (χ4n) is 5.13. The van der Waals surface area contributed by atoms with Crippen LogP contribution in [-0.4, -0.2) is 88.6 Å². The quantitative estimate of drug-likeness (QED) is 0.388. The highest BCUT2D eigenvalue weighted by Gasteiger charge is 2.47. The van der Waals surface area contributed by atoms with Crippen LogP contribution in [0.1, 0.15) is 35.1 Å². The molecule has 2 aromatic rings. The van der Waals surface area contributed by atoms with Crippen LogP contribution in [0, 0.1) is 13.8 Å². The number of piperidine rings is 1. The van der Waals surface area contributed by atoms with Crippen LogP contribution in [0.25, 0.3) is 6.08 Å². The number of ether oxygens (including phenoxy) is 1. The van der Waals surface area contributed by atoms with Gasteiger partial charge in [0.2, 0.25) is 5.91 Å². The number of likely N-dealkylation sites (N-methyl/N-ethyl adjacent to an activating group) is 2. The molecule has 0 unspecified atom stereocenters. The normalized spacial score (nSPS) is 17.8. The zero-order valence-corrected chi connectivity index (χ0v) is 25.4. The standard InChI is InChI=1S/C29H36F3N5O5S/c1-19-15-22(36(5)25(38)18-35(3)4)16-20(2)24(19)9-14-43(40,41)37-12-10-28(11-13-37)27(39)33-26(34-28)21-7-6-8-23(17-21)42-29(30,31)32/h6-9,14-17,40-41H,10-13,18H2,1-5H3,(H,33,34,39)/b14-9+. The van der Waals surface area contributed by atoms with E-state index in [0.717, 1.165) is 34.5 Å². The number of hydrogen-bond acceptors (Lipinski definition) is 8. The largest absolute Gasteiger partial charge is 0.573 e. The van der Waals surface area contributed by atoms with E-state index >= 15 is 0 Å². The van der Waals surface area contributed by atoms with Crippen LogP contribution in [0.4, 0.5) is 18.9 Å². The van der Waals surface area contributed by atoms with E-state index in [1.165, 1.54) is 21.8 Å². The first-order chi connectivity index (χ1) is 20.0. The first kappa shape index (κ1) is 32.5. The summed E-state index contributed by atoms with van der Waals surface area (Å²) >= 11 is 0. The van der Waals surface area contributed by atoms with Crippen LogP contribution in [0.2, 0.25) is 0 Å². The topological polar surface area (TPSA) is 118 Å². The first-order valence-electron chi connectivity index (χ1n) is 13.5. The minimum absolute atomic E-state index is 0.0551. The molecule has 3 N–H and O–H groups in total. The van der Waals surface area contributed by atoms with Gasteiger partial charge in [-0.1, -0.05) is 12.1 Å². The van der Waals surface area contributed by atoms with Gasteiger partial charge < -0.3 is 19.9 Å². The molecule has 2 aliphatic heterocycles. The predicted molar refractivity (Wildman–Crippen MR) is 161 cm³/mol. The lowest BCUT2D eigenvalue weighted by atomic mass is 9.89. The summed E-state index contributed by atoms with van der Waals surface area (Å²) in [7, 11) is 2.02.